The van der Waals surface area contributed by atoms with Gasteiger partial charge in [-0.25, -0.2) is 5.10 Å². The summed E-state index contributed by atoms with van der Waals surface area (Å²) in [6, 6.07) is 9.58. The Morgan fingerprint density at radius 1 is 1.39 bits per heavy atom. The molecule has 6 nitrogen and oxygen atoms in total. The molecule has 3 rings (SSSR count). The lowest BCUT2D eigenvalue weighted by molar-refractivity contribution is -0.0880. The van der Waals surface area contributed by atoms with E-state index in [1.54, 1.807) is 0 Å². The molecule has 1 aliphatic rings. The first-order valence-electron chi connectivity index (χ1n) is 7.52. The summed E-state index contributed by atoms with van der Waals surface area (Å²) >= 11 is 6.01. The Hall–Kier alpha value is -2.05. The molecule has 0 aliphatic heterocycles. The van der Waals surface area contributed by atoms with Crippen molar-refractivity contribution in [1.82, 2.24) is 10.2 Å². The molecule has 1 aliphatic carbocycles. The van der Waals surface area contributed by atoms with Gasteiger partial charge in [-0.1, -0.05) is 29.8 Å². The molecule has 1 aromatic heterocycles. The van der Waals surface area contributed by atoms with E-state index in [4.69, 9.17) is 21.1 Å². The maximum absolute atomic E-state index is 11.5. The zero-order valence-electron chi connectivity index (χ0n) is 12.7. The third kappa shape index (κ3) is 3.48. The van der Waals surface area contributed by atoms with Crippen molar-refractivity contribution in [3.63, 3.8) is 0 Å². The SMILES string of the molecule is CCOC1CC(Nc2cn[nH]c(=O)c2Cl)C1Oc1ccccc1. The fraction of sp³-hybridized carbons (Fsp3) is 0.375. The minimum atomic E-state index is -0.419. The first kappa shape index (κ1) is 15.8. The van der Waals surface area contributed by atoms with Crippen molar-refractivity contribution in [3.05, 3.63) is 51.9 Å². The summed E-state index contributed by atoms with van der Waals surface area (Å²) in [5.41, 5.74) is 0.0786. The van der Waals surface area contributed by atoms with Crippen molar-refractivity contribution in [2.75, 3.05) is 11.9 Å². The Morgan fingerprint density at radius 3 is 2.91 bits per heavy atom. The van der Waals surface area contributed by atoms with Crippen LogP contribution in [0.25, 0.3) is 0 Å². The minimum absolute atomic E-state index is 0.00596. The summed E-state index contributed by atoms with van der Waals surface area (Å²) in [4.78, 5) is 11.5. The third-order valence-corrected chi connectivity index (χ3v) is 4.16. The summed E-state index contributed by atoms with van der Waals surface area (Å²) in [6.45, 7) is 2.58. The van der Waals surface area contributed by atoms with Crippen molar-refractivity contribution in [2.24, 2.45) is 0 Å². The fourth-order valence-corrected chi connectivity index (χ4v) is 2.74. The van der Waals surface area contributed by atoms with Crippen molar-refractivity contribution in [3.8, 4) is 5.75 Å². The second-order valence-electron chi connectivity index (χ2n) is 5.30. The van der Waals surface area contributed by atoms with E-state index in [2.05, 4.69) is 15.5 Å². The van der Waals surface area contributed by atoms with Gasteiger partial charge in [-0.2, -0.15) is 5.10 Å². The van der Waals surface area contributed by atoms with Gasteiger partial charge in [0.15, 0.2) is 0 Å². The van der Waals surface area contributed by atoms with Crippen LogP contribution in [0.5, 0.6) is 5.75 Å². The number of hydrogen-bond donors (Lipinski definition) is 2. The van der Waals surface area contributed by atoms with Crippen LogP contribution in [0.15, 0.2) is 41.3 Å². The lowest BCUT2D eigenvalue weighted by Gasteiger charge is -2.44. The summed E-state index contributed by atoms with van der Waals surface area (Å²) in [5, 5.41) is 9.38. The molecule has 23 heavy (non-hydrogen) atoms. The number of ether oxygens (including phenoxy) is 2. The van der Waals surface area contributed by atoms with Gasteiger partial charge in [-0.3, -0.25) is 4.79 Å². The van der Waals surface area contributed by atoms with Crippen molar-refractivity contribution < 1.29 is 9.47 Å². The normalized spacial score (nSPS) is 23.1. The van der Waals surface area contributed by atoms with Gasteiger partial charge in [-0.15, -0.1) is 0 Å². The topological polar surface area (TPSA) is 76.2 Å². The fourth-order valence-electron chi connectivity index (χ4n) is 2.60. The number of hydrogen-bond acceptors (Lipinski definition) is 5. The van der Waals surface area contributed by atoms with E-state index < -0.39 is 5.56 Å². The first-order valence-corrected chi connectivity index (χ1v) is 7.90. The first-order chi connectivity index (χ1) is 11.2. The number of aromatic amines is 1. The number of nitrogens with one attached hydrogen (secondary N) is 2. The number of H-pyrrole nitrogens is 1. The molecule has 3 atom stereocenters. The number of aromatic nitrogens is 2. The number of para-hydroxylation sites is 1. The summed E-state index contributed by atoms with van der Waals surface area (Å²) < 4.78 is 11.7. The van der Waals surface area contributed by atoms with Gasteiger partial charge >= 0.3 is 0 Å². The third-order valence-electron chi connectivity index (χ3n) is 3.78. The largest absolute Gasteiger partial charge is 0.486 e. The lowest BCUT2D eigenvalue weighted by atomic mass is 9.85. The van der Waals surface area contributed by atoms with Crippen LogP contribution in [0.4, 0.5) is 5.69 Å². The average Bonchev–Trinajstić information content (AvgIpc) is 2.56. The Morgan fingerprint density at radius 2 is 2.17 bits per heavy atom. The van der Waals surface area contributed by atoms with Gasteiger partial charge in [0.1, 0.15) is 16.9 Å². The molecule has 3 unspecified atom stereocenters. The van der Waals surface area contributed by atoms with E-state index in [0.29, 0.717) is 12.3 Å². The Kier molecular flexibility index (Phi) is 4.83. The van der Waals surface area contributed by atoms with Crippen molar-refractivity contribution >= 4 is 17.3 Å². The lowest BCUT2D eigenvalue weighted by Crippen LogP contribution is -2.59. The number of rotatable bonds is 6. The Labute approximate surface area is 138 Å². The molecule has 0 saturated heterocycles. The maximum Gasteiger partial charge on any atom is 0.285 e. The molecule has 0 spiro atoms. The molecule has 0 radical (unpaired) electrons. The second kappa shape index (κ2) is 7.02. The van der Waals surface area contributed by atoms with Crippen LogP contribution >= 0.6 is 11.6 Å². The van der Waals surface area contributed by atoms with E-state index in [1.807, 2.05) is 37.3 Å². The van der Waals surface area contributed by atoms with E-state index in [1.165, 1.54) is 6.20 Å². The second-order valence-corrected chi connectivity index (χ2v) is 5.68. The number of halogens is 1. The molecule has 0 amide bonds. The van der Waals surface area contributed by atoms with E-state index >= 15 is 0 Å². The van der Waals surface area contributed by atoms with Gasteiger partial charge in [0.2, 0.25) is 0 Å². The van der Waals surface area contributed by atoms with Gasteiger partial charge in [0.25, 0.3) is 5.56 Å². The van der Waals surface area contributed by atoms with Gasteiger partial charge in [0, 0.05) is 13.0 Å². The number of benzene rings is 1. The van der Waals surface area contributed by atoms with E-state index in [0.717, 1.165) is 12.2 Å². The zero-order chi connectivity index (χ0) is 16.2. The highest BCUT2D eigenvalue weighted by Crippen LogP contribution is 2.32. The highest BCUT2D eigenvalue weighted by Gasteiger charge is 2.44. The Balaban J connectivity index is 1.73. The summed E-state index contributed by atoms with van der Waals surface area (Å²) in [6.07, 6.45) is 2.12. The molecule has 0 bridgehead atoms. The molecule has 122 valence electrons. The molecule has 1 heterocycles. The molecule has 1 fully saturated rings. The van der Waals surface area contributed by atoms with Crippen molar-refractivity contribution in [1.29, 1.82) is 0 Å². The molecule has 2 aromatic rings. The van der Waals surface area contributed by atoms with Crippen LogP contribution in [0.2, 0.25) is 5.02 Å². The van der Waals surface area contributed by atoms with Crippen LogP contribution in [-0.2, 0) is 4.74 Å². The molecular weight excluding hydrogens is 318 g/mol. The van der Waals surface area contributed by atoms with Crippen LogP contribution in [0, 0.1) is 0 Å². The average molecular weight is 336 g/mol. The number of anilines is 1. The molecule has 1 aromatic carbocycles. The van der Waals surface area contributed by atoms with Crippen LogP contribution in [0.1, 0.15) is 13.3 Å². The van der Waals surface area contributed by atoms with Crippen LogP contribution in [0.3, 0.4) is 0 Å². The highest BCUT2D eigenvalue weighted by molar-refractivity contribution is 6.32. The highest BCUT2D eigenvalue weighted by atomic mass is 35.5. The van der Waals surface area contributed by atoms with Gasteiger partial charge in [-0.05, 0) is 19.1 Å². The summed E-state index contributed by atoms with van der Waals surface area (Å²) in [7, 11) is 0. The van der Waals surface area contributed by atoms with Crippen molar-refractivity contribution in [2.45, 2.75) is 31.6 Å². The molecule has 2 N–H and O–H groups in total. The minimum Gasteiger partial charge on any atom is -0.486 e. The summed E-state index contributed by atoms with van der Waals surface area (Å²) in [5.74, 6) is 0.781. The monoisotopic (exact) mass is 335 g/mol. The van der Waals surface area contributed by atoms with Crippen LogP contribution < -0.4 is 15.6 Å². The van der Waals surface area contributed by atoms with Crippen LogP contribution in [-0.4, -0.2) is 35.1 Å². The number of nitrogens with zero attached hydrogens (tertiary/aromatic N) is 1. The zero-order valence-corrected chi connectivity index (χ0v) is 13.4. The quantitative estimate of drug-likeness (QED) is 0.848. The van der Waals surface area contributed by atoms with E-state index in [-0.39, 0.29) is 23.3 Å². The molecular formula is C16H18ClN3O3. The Bertz CT molecular complexity index is 707. The maximum atomic E-state index is 11.5. The predicted molar refractivity (Wildman–Crippen MR) is 88.2 cm³/mol. The molecule has 1 saturated carbocycles. The van der Waals surface area contributed by atoms with E-state index in [9.17, 15) is 4.79 Å². The van der Waals surface area contributed by atoms with Gasteiger partial charge < -0.3 is 14.8 Å². The molecule has 7 heteroatoms. The van der Waals surface area contributed by atoms with Gasteiger partial charge in [0.05, 0.1) is 24.0 Å². The smallest absolute Gasteiger partial charge is 0.285 e. The standard InChI is InChI=1S/C16H18ClN3O3/c1-2-22-13-8-11(15(13)23-10-6-4-3-5-7-10)19-12-9-18-20-16(21)14(12)17/h3-7,9,11,13,15H,2,8H2,1H3,(H2,19,20,21). The predicted octanol–water partition coefficient (Wildman–Crippen LogP) is 2.46.